The van der Waals surface area contributed by atoms with Gasteiger partial charge in [0.1, 0.15) is 0 Å². The van der Waals surface area contributed by atoms with Crippen LogP contribution in [0.2, 0.25) is 0 Å². The third kappa shape index (κ3) is 7.65. The Balaban J connectivity index is 1.34. The number of nitrogens with one attached hydrogen (secondary N) is 3. The molecule has 0 saturated heterocycles. The van der Waals surface area contributed by atoms with Crippen molar-refractivity contribution in [2.75, 3.05) is 19.6 Å². The van der Waals surface area contributed by atoms with Gasteiger partial charge >= 0.3 is 0 Å². The number of aliphatic hydroxyl groups is 1. The number of hydrogen-bond acceptors (Lipinski definition) is 5. The van der Waals surface area contributed by atoms with Crippen molar-refractivity contribution in [2.24, 2.45) is 11.8 Å². The molecular weight excluding hydrogens is 454 g/mol. The van der Waals surface area contributed by atoms with Crippen LogP contribution in [0.5, 0.6) is 0 Å². The Hall–Kier alpha value is -2.75. The summed E-state index contributed by atoms with van der Waals surface area (Å²) in [7, 11) is -3.55. The van der Waals surface area contributed by atoms with Gasteiger partial charge in [-0.25, -0.2) is 13.1 Å². The second-order valence-electron chi connectivity index (χ2n) is 8.83. The van der Waals surface area contributed by atoms with Gasteiger partial charge in [-0.05, 0) is 56.2 Å². The Kier molecular flexibility index (Phi) is 9.20. The van der Waals surface area contributed by atoms with Gasteiger partial charge in [-0.15, -0.1) is 0 Å². The van der Waals surface area contributed by atoms with E-state index in [9.17, 15) is 23.1 Å². The molecule has 0 aromatic heterocycles. The summed E-state index contributed by atoms with van der Waals surface area (Å²) in [6.45, 7) is 2.18. The average molecular weight is 488 g/mol. The first-order chi connectivity index (χ1) is 16.2. The Morgan fingerprint density at radius 3 is 2.26 bits per heavy atom. The summed E-state index contributed by atoms with van der Waals surface area (Å²) in [5.74, 6) is -0.542. The first-order valence-electron chi connectivity index (χ1n) is 11.6. The van der Waals surface area contributed by atoms with Gasteiger partial charge in [0.05, 0.1) is 17.5 Å². The second kappa shape index (κ2) is 12.1. The monoisotopic (exact) mass is 487 g/mol. The summed E-state index contributed by atoms with van der Waals surface area (Å²) < 4.78 is 27.6. The van der Waals surface area contributed by atoms with Crippen LogP contribution in [0.3, 0.4) is 0 Å². The van der Waals surface area contributed by atoms with Crippen LogP contribution in [0, 0.1) is 18.8 Å². The van der Waals surface area contributed by atoms with Crippen molar-refractivity contribution >= 4 is 21.8 Å². The summed E-state index contributed by atoms with van der Waals surface area (Å²) in [6, 6.07) is 15.8. The molecule has 0 spiro atoms. The maximum Gasteiger partial charge on any atom is 0.240 e. The molecule has 34 heavy (non-hydrogen) atoms. The van der Waals surface area contributed by atoms with Gasteiger partial charge in [-0.1, -0.05) is 48.0 Å². The van der Waals surface area contributed by atoms with Gasteiger partial charge in [0.15, 0.2) is 0 Å². The van der Waals surface area contributed by atoms with E-state index in [4.69, 9.17) is 0 Å². The number of hydrogen-bond donors (Lipinski definition) is 4. The lowest BCUT2D eigenvalue weighted by molar-refractivity contribution is -0.129. The quantitative estimate of drug-likeness (QED) is 0.408. The number of carbonyl (C=O) groups is 2. The average Bonchev–Trinajstić information content (AvgIpc) is 2.85. The third-order valence-electron chi connectivity index (χ3n) is 6.21. The summed E-state index contributed by atoms with van der Waals surface area (Å²) >= 11 is 0. The van der Waals surface area contributed by atoms with Crippen LogP contribution >= 0.6 is 0 Å². The van der Waals surface area contributed by atoms with Crippen molar-refractivity contribution in [3.63, 3.8) is 0 Å². The lowest BCUT2D eigenvalue weighted by Crippen LogP contribution is -2.42. The highest BCUT2D eigenvalue weighted by Crippen LogP contribution is 2.28. The molecule has 1 saturated carbocycles. The van der Waals surface area contributed by atoms with E-state index in [2.05, 4.69) is 15.4 Å². The van der Waals surface area contributed by atoms with Crippen LogP contribution in [0.4, 0.5) is 0 Å². The molecule has 1 aliphatic carbocycles. The van der Waals surface area contributed by atoms with Gasteiger partial charge in [0, 0.05) is 19.0 Å². The van der Waals surface area contributed by atoms with E-state index in [0.717, 1.165) is 18.4 Å². The highest BCUT2D eigenvalue weighted by molar-refractivity contribution is 7.89. The van der Waals surface area contributed by atoms with Crippen molar-refractivity contribution in [1.82, 2.24) is 15.4 Å². The topological polar surface area (TPSA) is 125 Å². The van der Waals surface area contributed by atoms with Crippen LogP contribution < -0.4 is 15.4 Å². The van der Waals surface area contributed by atoms with Crippen molar-refractivity contribution in [2.45, 2.75) is 43.6 Å². The number of benzene rings is 2. The molecule has 2 aromatic carbocycles. The largest absolute Gasteiger partial charge is 0.387 e. The number of amides is 2. The highest BCUT2D eigenvalue weighted by atomic mass is 32.2. The summed E-state index contributed by atoms with van der Waals surface area (Å²) in [5.41, 5.74) is 1.71. The maximum atomic E-state index is 12.5. The standard InChI is InChI=1S/C25H33N3O5S/c1-18-7-13-22(14-8-18)34(32,33)28-15-19-9-11-21(12-10-19)25(31)27-17-24(30)26-16-23(29)20-5-3-2-4-6-20/h2-8,13-14,19,21,23,28-29H,9-12,15-17H2,1H3,(H,26,30)(H,27,31)/t19?,21?,23-/m0/s1. The molecule has 0 radical (unpaired) electrons. The SMILES string of the molecule is Cc1ccc(S(=O)(=O)NCC2CCC(C(=O)NCC(=O)NC[C@H](O)c3ccccc3)CC2)cc1. The molecule has 9 heteroatoms. The molecule has 4 N–H and O–H groups in total. The van der Waals surface area contributed by atoms with Crippen LogP contribution in [0.25, 0.3) is 0 Å². The predicted molar refractivity (Wildman–Crippen MR) is 129 cm³/mol. The molecule has 0 heterocycles. The molecule has 0 bridgehead atoms. The van der Waals surface area contributed by atoms with Gasteiger partial charge in [0.2, 0.25) is 21.8 Å². The van der Waals surface area contributed by atoms with Crippen LogP contribution in [0.15, 0.2) is 59.5 Å². The molecule has 184 valence electrons. The number of carbonyl (C=O) groups excluding carboxylic acids is 2. The van der Waals surface area contributed by atoms with E-state index >= 15 is 0 Å². The summed E-state index contributed by atoms with van der Waals surface area (Å²) in [4.78, 5) is 24.7. The zero-order valence-electron chi connectivity index (χ0n) is 19.4. The summed E-state index contributed by atoms with van der Waals surface area (Å²) in [6.07, 6.45) is 1.97. The van der Waals surface area contributed by atoms with Gasteiger partial charge < -0.3 is 15.7 Å². The number of sulfonamides is 1. The Morgan fingerprint density at radius 1 is 0.971 bits per heavy atom. The Labute approximate surface area is 201 Å². The smallest absolute Gasteiger partial charge is 0.240 e. The van der Waals surface area contributed by atoms with E-state index in [0.29, 0.717) is 24.9 Å². The molecule has 2 amide bonds. The maximum absolute atomic E-state index is 12.5. The molecule has 1 aliphatic rings. The zero-order valence-corrected chi connectivity index (χ0v) is 20.2. The van der Waals surface area contributed by atoms with Gasteiger partial charge in [-0.3, -0.25) is 9.59 Å². The molecule has 1 fully saturated rings. The summed E-state index contributed by atoms with van der Waals surface area (Å²) in [5, 5.41) is 15.4. The van der Waals surface area contributed by atoms with Crippen LogP contribution in [-0.4, -0.2) is 45.0 Å². The normalized spacial score (nSPS) is 19.2. The first kappa shape index (κ1) is 25.9. The Morgan fingerprint density at radius 2 is 1.62 bits per heavy atom. The second-order valence-corrected chi connectivity index (χ2v) is 10.6. The van der Waals surface area contributed by atoms with E-state index < -0.39 is 16.1 Å². The number of rotatable bonds is 10. The molecule has 8 nitrogen and oxygen atoms in total. The molecular formula is C25H33N3O5S. The first-order valence-corrected chi connectivity index (χ1v) is 13.1. The van der Waals surface area contributed by atoms with Gasteiger partial charge in [-0.2, -0.15) is 0 Å². The van der Waals surface area contributed by atoms with Crippen molar-refractivity contribution in [1.29, 1.82) is 0 Å². The fourth-order valence-corrected chi connectivity index (χ4v) is 5.15. The van der Waals surface area contributed by atoms with Crippen molar-refractivity contribution < 1.29 is 23.1 Å². The molecule has 0 unspecified atom stereocenters. The lowest BCUT2D eigenvalue weighted by Gasteiger charge is -2.27. The highest BCUT2D eigenvalue weighted by Gasteiger charge is 2.27. The fourth-order valence-electron chi connectivity index (χ4n) is 4.03. The number of aryl methyl sites for hydroxylation is 1. The van der Waals surface area contributed by atoms with Crippen LogP contribution in [0.1, 0.15) is 42.9 Å². The van der Waals surface area contributed by atoms with E-state index in [1.54, 1.807) is 36.4 Å². The zero-order chi connectivity index (χ0) is 24.6. The molecule has 3 rings (SSSR count). The molecule has 2 aromatic rings. The Bertz CT molecular complexity index is 1050. The minimum atomic E-state index is -3.55. The third-order valence-corrected chi connectivity index (χ3v) is 7.65. The molecule has 1 atom stereocenters. The molecule has 0 aliphatic heterocycles. The van der Waals surface area contributed by atoms with E-state index in [1.807, 2.05) is 25.1 Å². The van der Waals surface area contributed by atoms with Crippen molar-refractivity contribution in [3.8, 4) is 0 Å². The lowest BCUT2D eigenvalue weighted by atomic mass is 9.81. The van der Waals surface area contributed by atoms with Crippen LogP contribution in [-0.2, 0) is 19.6 Å². The predicted octanol–water partition coefficient (Wildman–Crippen LogP) is 2.05. The number of aliphatic hydroxyl groups excluding tert-OH is 1. The van der Waals surface area contributed by atoms with Crippen molar-refractivity contribution in [3.05, 3.63) is 65.7 Å². The minimum Gasteiger partial charge on any atom is -0.387 e. The van der Waals surface area contributed by atoms with E-state index in [1.165, 1.54) is 0 Å². The fraction of sp³-hybridized carbons (Fsp3) is 0.440. The minimum absolute atomic E-state index is 0.0717. The van der Waals surface area contributed by atoms with E-state index in [-0.39, 0.29) is 41.6 Å². The van der Waals surface area contributed by atoms with Gasteiger partial charge in [0.25, 0.3) is 0 Å².